The monoisotopic (exact) mass is 277 g/mol. The Hall–Kier alpha value is -0.820. The third-order valence-corrected chi connectivity index (χ3v) is 4.75. The van der Waals surface area contributed by atoms with Gasteiger partial charge in [-0.1, -0.05) is 12.8 Å². The molecule has 6 nitrogen and oxygen atoms in total. The second-order valence-electron chi connectivity index (χ2n) is 4.70. The Balaban J connectivity index is 2.04. The van der Waals surface area contributed by atoms with Gasteiger partial charge in [-0.05, 0) is 25.8 Å². The summed E-state index contributed by atoms with van der Waals surface area (Å²) in [7, 11) is -2.93. The summed E-state index contributed by atoms with van der Waals surface area (Å²) in [6.45, 7) is 1.33. The lowest BCUT2D eigenvalue weighted by Crippen LogP contribution is -2.42. The number of unbranched alkanes of at least 4 members (excludes halogenated alkanes) is 3. The fourth-order valence-corrected chi connectivity index (χ4v) is 3.64. The van der Waals surface area contributed by atoms with Crippen molar-refractivity contribution < 1.29 is 13.2 Å². The molecule has 0 saturated carbocycles. The van der Waals surface area contributed by atoms with Crippen LogP contribution in [0.5, 0.6) is 0 Å². The lowest BCUT2D eigenvalue weighted by Gasteiger charge is -2.11. The molecule has 0 bridgehead atoms. The number of nitrogens with one attached hydrogen (secondary N) is 2. The number of carbonyl (C=O) groups is 1. The number of hydrogen-bond acceptors (Lipinski definition) is 4. The molecule has 2 amide bonds. The van der Waals surface area contributed by atoms with Gasteiger partial charge in [-0.25, -0.2) is 13.2 Å². The number of amides is 2. The fraction of sp³-hybridized carbons (Fsp3) is 0.909. The lowest BCUT2D eigenvalue weighted by atomic mass is 10.2. The largest absolute Gasteiger partial charge is 0.338 e. The molecule has 0 aromatic rings. The Kier molecular flexibility index (Phi) is 6.42. The molecule has 1 heterocycles. The molecule has 1 unspecified atom stereocenters. The Morgan fingerprint density at radius 2 is 1.94 bits per heavy atom. The van der Waals surface area contributed by atoms with Crippen molar-refractivity contribution in [2.75, 3.05) is 24.6 Å². The number of sulfone groups is 1. The minimum Gasteiger partial charge on any atom is -0.338 e. The van der Waals surface area contributed by atoms with Crippen LogP contribution in [0.4, 0.5) is 4.79 Å². The molecule has 0 aromatic heterocycles. The van der Waals surface area contributed by atoms with Crippen LogP contribution in [-0.2, 0) is 9.84 Å². The molecular formula is C11H23N3O3S. The molecule has 0 aliphatic carbocycles. The summed E-state index contributed by atoms with van der Waals surface area (Å²) >= 11 is 0. The molecule has 1 aliphatic rings. The van der Waals surface area contributed by atoms with Crippen LogP contribution in [0.15, 0.2) is 0 Å². The third kappa shape index (κ3) is 6.20. The van der Waals surface area contributed by atoms with E-state index in [-0.39, 0.29) is 23.6 Å². The van der Waals surface area contributed by atoms with Crippen molar-refractivity contribution in [3.8, 4) is 0 Å². The third-order valence-electron chi connectivity index (χ3n) is 2.98. The van der Waals surface area contributed by atoms with E-state index >= 15 is 0 Å². The standard InChI is InChI=1S/C11H23N3O3S/c12-6-3-1-2-4-7-13-11(15)14-10-5-8-18(16,17)9-10/h10H,1-9,12H2,(H2,13,14,15). The molecule has 106 valence electrons. The van der Waals surface area contributed by atoms with E-state index in [0.29, 0.717) is 19.5 Å². The minimum absolute atomic E-state index is 0.0664. The highest BCUT2D eigenvalue weighted by atomic mass is 32.2. The second-order valence-corrected chi connectivity index (χ2v) is 6.93. The van der Waals surface area contributed by atoms with Gasteiger partial charge in [0, 0.05) is 12.6 Å². The summed E-state index contributed by atoms with van der Waals surface area (Å²) in [6, 6.07) is -0.497. The van der Waals surface area contributed by atoms with Crippen molar-refractivity contribution in [1.82, 2.24) is 10.6 Å². The summed E-state index contributed by atoms with van der Waals surface area (Å²) < 4.78 is 22.4. The van der Waals surface area contributed by atoms with E-state index in [9.17, 15) is 13.2 Å². The van der Waals surface area contributed by atoms with Crippen LogP contribution in [0.3, 0.4) is 0 Å². The Labute approximate surface area is 109 Å². The SMILES string of the molecule is NCCCCCCNC(=O)NC1CCS(=O)(=O)C1. The van der Waals surface area contributed by atoms with Gasteiger partial charge in [0.15, 0.2) is 9.84 Å². The van der Waals surface area contributed by atoms with Gasteiger partial charge in [-0.3, -0.25) is 0 Å². The van der Waals surface area contributed by atoms with Crippen LogP contribution >= 0.6 is 0 Å². The van der Waals surface area contributed by atoms with E-state index in [0.717, 1.165) is 25.7 Å². The first-order valence-electron chi connectivity index (χ1n) is 6.48. The summed E-state index contributed by atoms with van der Waals surface area (Å²) in [4.78, 5) is 11.5. The van der Waals surface area contributed by atoms with E-state index in [1.807, 2.05) is 0 Å². The molecule has 0 aromatic carbocycles. The number of nitrogens with two attached hydrogens (primary N) is 1. The predicted molar refractivity (Wildman–Crippen MR) is 71.1 cm³/mol. The van der Waals surface area contributed by atoms with Gasteiger partial charge in [0.25, 0.3) is 0 Å². The minimum atomic E-state index is -2.93. The van der Waals surface area contributed by atoms with Crippen molar-refractivity contribution in [2.24, 2.45) is 5.73 Å². The van der Waals surface area contributed by atoms with Crippen molar-refractivity contribution in [2.45, 2.75) is 38.1 Å². The van der Waals surface area contributed by atoms with E-state index in [2.05, 4.69) is 10.6 Å². The van der Waals surface area contributed by atoms with Gasteiger partial charge < -0.3 is 16.4 Å². The predicted octanol–water partition coefficient (Wildman–Crippen LogP) is -0.00820. The highest BCUT2D eigenvalue weighted by molar-refractivity contribution is 7.91. The molecule has 1 saturated heterocycles. The number of urea groups is 1. The van der Waals surface area contributed by atoms with Gasteiger partial charge in [0.05, 0.1) is 11.5 Å². The second kappa shape index (κ2) is 7.58. The molecule has 0 radical (unpaired) electrons. The molecular weight excluding hydrogens is 254 g/mol. The first-order valence-corrected chi connectivity index (χ1v) is 8.30. The van der Waals surface area contributed by atoms with Gasteiger partial charge in [-0.2, -0.15) is 0 Å². The summed E-state index contributed by atoms with van der Waals surface area (Å²) in [5.74, 6) is 0.244. The molecule has 7 heteroatoms. The zero-order chi connectivity index (χ0) is 13.4. The molecule has 18 heavy (non-hydrogen) atoms. The highest BCUT2D eigenvalue weighted by Gasteiger charge is 2.28. The van der Waals surface area contributed by atoms with Crippen molar-refractivity contribution in [3.63, 3.8) is 0 Å². The molecule has 0 spiro atoms. The molecule has 4 N–H and O–H groups in total. The topological polar surface area (TPSA) is 101 Å². The number of hydrogen-bond donors (Lipinski definition) is 3. The van der Waals surface area contributed by atoms with Crippen molar-refractivity contribution >= 4 is 15.9 Å². The zero-order valence-corrected chi connectivity index (χ0v) is 11.5. The van der Waals surface area contributed by atoms with E-state index in [4.69, 9.17) is 5.73 Å². The maximum absolute atomic E-state index is 11.5. The highest BCUT2D eigenvalue weighted by Crippen LogP contribution is 2.10. The van der Waals surface area contributed by atoms with Crippen LogP contribution in [0, 0.1) is 0 Å². The van der Waals surface area contributed by atoms with Crippen molar-refractivity contribution in [1.29, 1.82) is 0 Å². The molecule has 1 rings (SSSR count). The first kappa shape index (κ1) is 15.2. The maximum atomic E-state index is 11.5. The van der Waals surface area contributed by atoms with Gasteiger partial charge in [-0.15, -0.1) is 0 Å². The molecule has 1 fully saturated rings. The number of carbonyl (C=O) groups excluding carboxylic acids is 1. The Morgan fingerprint density at radius 1 is 1.22 bits per heavy atom. The summed E-state index contributed by atoms with van der Waals surface area (Å²) in [5.41, 5.74) is 5.38. The molecule has 1 aliphatic heterocycles. The Bertz CT molecular complexity index is 357. The van der Waals surface area contributed by atoms with Gasteiger partial charge in [0.2, 0.25) is 0 Å². The van der Waals surface area contributed by atoms with Gasteiger partial charge >= 0.3 is 6.03 Å². The molecule has 1 atom stereocenters. The average Bonchev–Trinajstić information content (AvgIpc) is 2.63. The first-order chi connectivity index (χ1) is 8.53. The smallest absolute Gasteiger partial charge is 0.315 e. The van der Waals surface area contributed by atoms with E-state index < -0.39 is 9.84 Å². The van der Waals surface area contributed by atoms with E-state index in [1.165, 1.54) is 0 Å². The van der Waals surface area contributed by atoms with Crippen molar-refractivity contribution in [3.05, 3.63) is 0 Å². The maximum Gasteiger partial charge on any atom is 0.315 e. The fourth-order valence-electron chi connectivity index (χ4n) is 1.97. The average molecular weight is 277 g/mol. The quantitative estimate of drug-likeness (QED) is 0.570. The number of rotatable bonds is 7. The van der Waals surface area contributed by atoms with Crippen LogP contribution in [-0.4, -0.2) is 45.1 Å². The van der Waals surface area contributed by atoms with Crippen LogP contribution in [0.2, 0.25) is 0 Å². The zero-order valence-electron chi connectivity index (χ0n) is 10.7. The van der Waals surface area contributed by atoms with Crippen LogP contribution in [0.25, 0.3) is 0 Å². The van der Waals surface area contributed by atoms with Crippen LogP contribution < -0.4 is 16.4 Å². The van der Waals surface area contributed by atoms with E-state index in [1.54, 1.807) is 0 Å². The normalized spacial score (nSPS) is 21.7. The Morgan fingerprint density at radius 3 is 2.56 bits per heavy atom. The van der Waals surface area contributed by atoms with Gasteiger partial charge in [0.1, 0.15) is 0 Å². The summed E-state index contributed by atoms with van der Waals surface area (Å²) in [6.07, 6.45) is 4.60. The van der Waals surface area contributed by atoms with Crippen LogP contribution in [0.1, 0.15) is 32.1 Å². The lowest BCUT2D eigenvalue weighted by molar-refractivity contribution is 0.238. The summed E-state index contributed by atoms with van der Waals surface area (Å²) in [5, 5.41) is 5.43.